The van der Waals surface area contributed by atoms with Crippen molar-refractivity contribution >= 4 is 17.6 Å². The molecular formula is C18H15NO6. The fraction of sp³-hybridized carbons (Fsp3) is 0.278. The summed E-state index contributed by atoms with van der Waals surface area (Å²) in [7, 11) is 0. The summed E-state index contributed by atoms with van der Waals surface area (Å²) >= 11 is 0. The topological polar surface area (TPSA) is 110 Å². The highest BCUT2D eigenvalue weighted by Gasteiger charge is 2.55. The third-order valence-corrected chi connectivity index (χ3v) is 5.03. The predicted octanol–water partition coefficient (Wildman–Crippen LogP) is 2.79. The normalized spacial score (nSPS) is 20.5. The van der Waals surface area contributed by atoms with Crippen molar-refractivity contribution < 1.29 is 29.1 Å². The number of hydrogen-bond acceptors (Lipinski definition) is 7. The van der Waals surface area contributed by atoms with E-state index < -0.39 is 11.2 Å². The zero-order valence-corrected chi connectivity index (χ0v) is 14.1. The maximum absolute atomic E-state index is 13.2. The number of ketones is 2. The van der Waals surface area contributed by atoms with E-state index in [0.29, 0.717) is 11.3 Å². The maximum atomic E-state index is 13.2. The molecule has 0 spiro atoms. The van der Waals surface area contributed by atoms with Crippen LogP contribution < -0.4 is 4.74 Å². The molecule has 2 aliphatic rings. The van der Waals surface area contributed by atoms with Gasteiger partial charge < -0.3 is 19.5 Å². The van der Waals surface area contributed by atoms with Crippen LogP contribution in [0, 0.1) is 13.8 Å². The van der Waals surface area contributed by atoms with E-state index in [1.807, 2.05) is 0 Å². The molecule has 4 rings (SSSR count). The molecule has 7 nitrogen and oxygen atoms in total. The van der Waals surface area contributed by atoms with Crippen molar-refractivity contribution in [2.45, 2.75) is 33.1 Å². The number of aryl methyl sites for hydroxylation is 1. The molecule has 1 aromatic heterocycles. The number of phenols is 2. The van der Waals surface area contributed by atoms with Gasteiger partial charge in [-0.05, 0) is 27.7 Å². The van der Waals surface area contributed by atoms with Gasteiger partial charge in [-0.25, -0.2) is 0 Å². The Morgan fingerprint density at radius 3 is 2.56 bits per heavy atom. The second kappa shape index (κ2) is 4.50. The van der Waals surface area contributed by atoms with Crippen LogP contribution in [0.4, 0.5) is 0 Å². The van der Waals surface area contributed by atoms with Gasteiger partial charge in [-0.1, -0.05) is 5.16 Å². The van der Waals surface area contributed by atoms with Gasteiger partial charge in [-0.3, -0.25) is 9.59 Å². The lowest BCUT2D eigenvalue weighted by atomic mass is 9.71. The van der Waals surface area contributed by atoms with Crippen molar-refractivity contribution in [3.8, 4) is 17.2 Å². The molecule has 2 aromatic rings. The zero-order valence-electron chi connectivity index (χ0n) is 14.1. The third kappa shape index (κ3) is 1.62. The number of nitrogens with zero attached hydrogens (tertiary/aromatic N) is 1. The Balaban J connectivity index is 2.11. The first-order valence-corrected chi connectivity index (χ1v) is 7.70. The lowest BCUT2D eigenvalue weighted by Crippen LogP contribution is -2.35. The molecule has 0 unspecified atom stereocenters. The maximum Gasteiger partial charge on any atom is 0.186 e. The van der Waals surface area contributed by atoms with Crippen LogP contribution in [-0.4, -0.2) is 26.9 Å². The number of phenolic OH excluding ortho intramolecular Hbond substituents is 2. The molecule has 2 heterocycles. The Bertz CT molecular complexity index is 1030. The quantitative estimate of drug-likeness (QED) is 0.767. The number of hydrogen-bond donors (Lipinski definition) is 2. The number of benzene rings is 1. The van der Waals surface area contributed by atoms with E-state index in [1.165, 1.54) is 19.9 Å². The van der Waals surface area contributed by atoms with Gasteiger partial charge in [-0.15, -0.1) is 0 Å². The molecule has 0 saturated heterocycles. The monoisotopic (exact) mass is 341 g/mol. The second-order valence-electron chi connectivity index (χ2n) is 6.53. The summed E-state index contributed by atoms with van der Waals surface area (Å²) in [6.07, 6.45) is 1.53. The van der Waals surface area contributed by atoms with Crippen molar-refractivity contribution in [2.24, 2.45) is 0 Å². The van der Waals surface area contributed by atoms with Crippen LogP contribution in [0.3, 0.4) is 0 Å². The van der Waals surface area contributed by atoms with Gasteiger partial charge in [0, 0.05) is 11.6 Å². The molecule has 0 saturated carbocycles. The van der Waals surface area contributed by atoms with Crippen LogP contribution >= 0.6 is 0 Å². The van der Waals surface area contributed by atoms with E-state index in [2.05, 4.69) is 5.16 Å². The Kier molecular flexibility index (Phi) is 2.78. The molecule has 2 N–H and O–H groups in total. The molecular weight excluding hydrogens is 326 g/mol. The summed E-state index contributed by atoms with van der Waals surface area (Å²) in [5.41, 5.74) is -0.331. The lowest BCUT2D eigenvalue weighted by molar-refractivity contribution is 0.0903. The number of fused-ring (bicyclic) bond motifs is 4. The van der Waals surface area contributed by atoms with Crippen molar-refractivity contribution in [3.63, 3.8) is 0 Å². The van der Waals surface area contributed by atoms with Gasteiger partial charge in [-0.2, -0.15) is 0 Å². The Labute approximate surface area is 142 Å². The SMILES string of the molecule is CC(=O)c1c(O)c(C)c(O)c2c1OC1=Cc3onc(C)c3C(=O)[C@]12C. The number of carbonyl (C=O) groups is 2. The number of aromatic nitrogens is 1. The highest BCUT2D eigenvalue weighted by atomic mass is 16.5. The van der Waals surface area contributed by atoms with Crippen LogP contribution in [0.15, 0.2) is 10.3 Å². The highest BCUT2D eigenvalue weighted by molar-refractivity contribution is 6.14. The number of rotatable bonds is 1. The molecule has 1 aliphatic carbocycles. The van der Waals surface area contributed by atoms with E-state index >= 15 is 0 Å². The smallest absolute Gasteiger partial charge is 0.186 e. The Morgan fingerprint density at radius 2 is 1.92 bits per heavy atom. The first-order chi connectivity index (χ1) is 11.7. The average molecular weight is 341 g/mol. The predicted molar refractivity (Wildman–Crippen MR) is 86.0 cm³/mol. The zero-order chi connectivity index (χ0) is 18.3. The molecule has 0 amide bonds. The van der Waals surface area contributed by atoms with Gasteiger partial charge in [0.2, 0.25) is 0 Å². The third-order valence-electron chi connectivity index (χ3n) is 5.03. The highest BCUT2D eigenvalue weighted by Crippen LogP contribution is 2.58. The number of ether oxygens (including phenoxy) is 1. The standard InChI is InChI=1S/C18H15NO6/c1-6-14(21)12(8(3)20)16-13(15(6)22)18(4)10(24-16)5-9-11(17(18)23)7(2)19-25-9/h5,21-22H,1-4H3/t18-/m1/s1. The van der Waals surface area contributed by atoms with E-state index in [1.54, 1.807) is 13.8 Å². The van der Waals surface area contributed by atoms with E-state index in [-0.39, 0.29) is 51.2 Å². The fourth-order valence-electron chi connectivity index (χ4n) is 3.59. The van der Waals surface area contributed by atoms with Gasteiger partial charge in [0.1, 0.15) is 34.0 Å². The average Bonchev–Trinajstić information content (AvgIpc) is 3.04. The van der Waals surface area contributed by atoms with E-state index in [9.17, 15) is 19.8 Å². The molecule has 0 bridgehead atoms. The fourth-order valence-corrected chi connectivity index (χ4v) is 3.59. The Morgan fingerprint density at radius 1 is 1.24 bits per heavy atom. The summed E-state index contributed by atoms with van der Waals surface area (Å²) in [6, 6.07) is 0. The van der Waals surface area contributed by atoms with Crippen LogP contribution in [0.1, 0.15) is 57.1 Å². The van der Waals surface area contributed by atoms with Gasteiger partial charge in [0.25, 0.3) is 0 Å². The van der Waals surface area contributed by atoms with Crippen molar-refractivity contribution in [2.75, 3.05) is 0 Å². The van der Waals surface area contributed by atoms with Gasteiger partial charge in [0.15, 0.2) is 17.3 Å². The lowest BCUT2D eigenvalue weighted by Gasteiger charge is -2.26. The number of carbonyl (C=O) groups excluding carboxylic acids is 2. The summed E-state index contributed by atoms with van der Waals surface area (Å²) < 4.78 is 10.9. The second-order valence-corrected chi connectivity index (χ2v) is 6.53. The Hall–Kier alpha value is -3.09. The molecule has 0 fully saturated rings. The largest absolute Gasteiger partial charge is 0.507 e. The molecule has 25 heavy (non-hydrogen) atoms. The van der Waals surface area contributed by atoms with Crippen molar-refractivity contribution in [1.29, 1.82) is 0 Å². The number of aromatic hydroxyl groups is 2. The van der Waals surface area contributed by atoms with Crippen LogP contribution in [-0.2, 0) is 5.41 Å². The molecule has 1 atom stereocenters. The first kappa shape index (κ1) is 15.4. The minimum Gasteiger partial charge on any atom is -0.507 e. The summed E-state index contributed by atoms with van der Waals surface area (Å²) in [5.74, 6) is -0.894. The summed E-state index contributed by atoms with van der Waals surface area (Å²) in [6.45, 7) is 6.03. The number of allylic oxidation sites excluding steroid dienone is 1. The summed E-state index contributed by atoms with van der Waals surface area (Å²) in [5, 5.41) is 24.7. The molecule has 0 radical (unpaired) electrons. The van der Waals surface area contributed by atoms with Crippen LogP contribution in [0.2, 0.25) is 0 Å². The number of Topliss-reactive ketones (excluding diaryl/α,β-unsaturated/α-hetero) is 2. The summed E-state index contributed by atoms with van der Waals surface area (Å²) in [4.78, 5) is 25.3. The van der Waals surface area contributed by atoms with E-state index in [4.69, 9.17) is 9.26 Å². The van der Waals surface area contributed by atoms with Crippen LogP contribution in [0.25, 0.3) is 6.08 Å². The molecule has 7 heteroatoms. The minimum absolute atomic E-state index is 0.00552. The van der Waals surface area contributed by atoms with Gasteiger partial charge >= 0.3 is 0 Å². The van der Waals surface area contributed by atoms with Crippen LogP contribution in [0.5, 0.6) is 17.2 Å². The van der Waals surface area contributed by atoms with Crippen molar-refractivity contribution in [3.05, 3.63) is 39.5 Å². The molecule has 1 aliphatic heterocycles. The van der Waals surface area contributed by atoms with E-state index in [0.717, 1.165) is 0 Å². The van der Waals surface area contributed by atoms with Crippen molar-refractivity contribution in [1.82, 2.24) is 5.16 Å². The minimum atomic E-state index is -1.33. The molecule has 1 aromatic carbocycles. The first-order valence-electron chi connectivity index (χ1n) is 7.70. The van der Waals surface area contributed by atoms with Gasteiger partial charge in [0.05, 0.1) is 16.8 Å². The molecule has 128 valence electrons.